The zero-order valence-electron chi connectivity index (χ0n) is 14.1. The van der Waals surface area contributed by atoms with E-state index in [0.717, 1.165) is 16.9 Å². The third-order valence-corrected chi connectivity index (χ3v) is 4.09. The molecule has 0 spiro atoms. The monoisotopic (exact) mass is 348 g/mol. The minimum Gasteiger partial charge on any atom is -0.460 e. The number of hydrogen-bond acceptors (Lipinski definition) is 6. The molecule has 4 aromatic rings. The molecule has 0 N–H and O–H groups in total. The second-order valence-electron chi connectivity index (χ2n) is 5.74. The van der Waals surface area contributed by atoms with Crippen LogP contribution < -0.4 is 0 Å². The summed E-state index contributed by atoms with van der Waals surface area (Å²) in [6.45, 7) is 2.75. The van der Waals surface area contributed by atoms with Crippen LogP contribution in [0.1, 0.15) is 16.2 Å². The van der Waals surface area contributed by atoms with Crippen molar-refractivity contribution in [2.45, 2.75) is 13.5 Å². The number of carbonyl (C=O) groups excluding carboxylic acids is 1. The van der Waals surface area contributed by atoms with Gasteiger partial charge in [-0.1, -0.05) is 18.2 Å². The number of benzene rings is 2. The molecule has 0 aliphatic carbocycles. The van der Waals surface area contributed by atoms with E-state index in [4.69, 9.17) is 4.74 Å². The SMILES string of the molecule is Cc1nc2ccccc2n1CCOC(=O)c1cccc(-n2cnnn2)c1. The van der Waals surface area contributed by atoms with Gasteiger partial charge in [0.2, 0.25) is 0 Å². The van der Waals surface area contributed by atoms with E-state index in [1.165, 1.54) is 11.0 Å². The number of aromatic nitrogens is 6. The van der Waals surface area contributed by atoms with Gasteiger partial charge in [-0.05, 0) is 47.7 Å². The lowest BCUT2D eigenvalue weighted by Crippen LogP contribution is -2.12. The number of aryl methyl sites for hydroxylation is 1. The molecule has 26 heavy (non-hydrogen) atoms. The van der Waals surface area contributed by atoms with Gasteiger partial charge in [0.25, 0.3) is 0 Å². The second kappa shape index (κ2) is 6.75. The highest BCUT2D eigenvalue weighted by molar-refractivity contribution is 5.90. The fraction of sp³-hybridized carbons (Fsp3) is 0.167. The van der Waals surface area contributed by atoms with Gasteiger partial charge in [0.05, 0.1) is 28.8 Å². The molecule has 0 radical (unpaired) electrons. The summed E-state index contributed by atoms with van der Waals surface area (Å²) in [6.07, 6.45) is 1.47. The second-order valence-corrected chi connectivity index (χ2v) is 5.74. The van der Waals surface area contributed by atoms with Gasteiger partial charge in [0.15, 0.2) is 0 Å². The Morgan fingerprint density at radius 1 is 1.15 bits per heavy atom. The summed E-state index contributed by atoms with van der Waals surface area (Å²) in [5.74, 6) is 0.505. The Morgan fingerprint density at radius 2 is 2.04 bits per heavy atom. The van der Waals surface area contributed by atoms with Gasteiger partial charge in [-0.3, -0.25) is 0 Å². The van der Waals surface area contributed by atoms with Crippen LogP contribution in [0.25, 0.3) is 16.7 Å². The summed E-state index contributed by atoms with van der Waals surface area (Å²) < 4.78 is 8.95. The van der Waals surface area contributed by atoms with E-state index in [0.29, 0.717) is 17.8 Å². The average molecular weight is 348 g/mol. The highest BCUT2D eigenvalue weighted by Crippen LogP contribution is 2.15. The first-order chi connectivity index (χ1) is 12.7. The number of tetrazole rings is 1. The third kappa shape index (κ3) is 3.04. The highest BCUT2D eigenvalue weighted by Gasteiger charge is 2.11. The van der Waals surface area contributed by atoms with Crippen LogP contribution in [0.4, 0.5) is 0 Å². The maximum atomic E-state index is 12.3. The summed E-state index contributed by atoms with van der Waals surface area (Å²) in [5, 5.41) is 11.0. The molecule has 0 unspecified atom stereocenters. The van der Waals surface area contributed by atoms with Crippen molar-refractivity contribution in [2.24, 2.45) is 0 Å². The van der Waals surface area contributed by atoms with E-state index in [1.807, 2.05) is 41.8 Å². The van der Waals surface area contributed by atoms with E-state index in [2.05, 4.69) is 20.5 Å². The molecule has 0 aliphatic heterocycles. The third-order valence-electron chi connectivity index (χ3n) is 4.09. The number of carbonyl (C=O) groups is 1. The lowest BCUT2D eigenvalue weighted by Gasteiger charge is -2.09. The number of esters is 1. The molecular weight excluding hydrogens is 332 g/mol. The number of rotatable bonds is 5. The fourth-order valence-corrected chi connectivity index (χ4v) is 2.85. The highest BCUT2D eigenvalue weighted by atomic mass is 16.5. The average Bonchev–Trinajstić information content (AvgIpc) is 3.30. The fourth-order valence-electron chi connectivity index (χ4n) is 2.85. The van der Waals surface area contributed by atoms with Crippen molar-refractivity contribution in [3.05, 3.63) is 66.2 Å². The van der Waals surface area contributed by atoms with Crippen LogP contribution >= 0.6 is 0 Å². The zero-order valence-corrected chi connectivity index (χ0v) is 14.1. The van der Waals surface area contributed by atoms with Crippen LogP contribution in [0, 0.1) is 6.92 Å². The topological polar surface area (TPSA) is 87.7 Å². The van der Waals surface area contributed by atoms with Crippen molar-refractivity contribution in [1.29, 1.82) is 0 Å². The molecule has 0 amide bonds. The molecule has 0 aliphatic rings. The Kier molecular flexibility index (Phi) is 4.14. The summed E-state index contributed by atoms with van der Waals surface area (Å²) in [5.41, 5.74) is 3.11. The maximum Gasteiger partial charge on any atom is 0.338 e. The van der Waals surface area contributed by atoms with Gasteiger partial charge < -0.3 is 9.30 Å². The number of hydrogen-bond donors (Lipinski definition) is 0. The lowest BCUT2D eigenvalue weighted by molar-refractivity contribution is 0.0491. The predicted molar refractivity (Wildman–Crippen MR) is 93.9 cm³/mol. The number of imidazole rings is 1. The number of ether oxygens (including phenoxy) is 1. The Hall–Kier alpha value is -3.55. The standard InChI is InChI=1S/C18H16N6O2/c1-13-20-16-7-2-3-8-17(16)23(13)9-10-26-18(25)14-5-4-6-15(11-14)24-12-19-21-22-24/h2-8,11-12H,9-10H2,1H3. The minimum absolute atomic E-state index is 0.259. The van der Waals surface area contributed by atoms with Crippen LogP contribution in [0.2, 0.25) is 0 Å². The molecule has 2 aromatic heterocycles. The largest absolute Gasteiger partial charge is 0.460 e. The van der Waals surface area contributed by atoms with Gasteiger partial charge in [-0.2, -0.15) is 0 Å². The minimum atomic E-state index is -0.387. The van der Waals surface area contributed by atoms with Crippen molar-refractivity contribution < 1.29 is 9.53 Å². The summed E-state index contributed by atoms with van der Waals surface area (Å²) in [4.78, 5) is 16.8. The molecule has 0 bridgehead atoms. The zero-order chi connectivity index (χ0) is 17.9. The quantitative estimate of drug-likeness (QED) is 0.514. The van der Waals surface area contributed by atoms with Crippen LogP contribution in [0.5, 0.6) is 0 Å². The number of fused-ring (bicyclic) bond motifs is 1. The van der Waals surface area contributed by atoms with Crippen LogP contribution in [-0.4, -0.2) is 42.3 Å². The first kappa shape index (κ1) is 15.9. The molecule has 8 nitrogen and oxygen atoms in total. The molecule has 0 atom stereocenters. The predicted octanol–water partition coefficient (Wildman–Crippen LogP) is 2.18. The molecule has 4 rings (SSSR count). The van der Waals surface area contributed by atoms with Crippen molar-refractivity contribution in [1.82, 2.24) is 29.8 Å². The van der Waals surface area contributed by atoms with Gasteiger partial charge in [-0.25, -0.2) is 14.5 Å². The summed E-state index contributed by atoms with van der Waals surface area (Å²) in [6, 6.07) is 14.9. The molecular formula is C18H16N6O2. The van der Waals surface area contributed by atoms with Crippen LogP contribution in [-0.2, 0) is 11.3 Å². The van der Waals surface area contributed by atoms with Crippen molar-refractivity contribution in [3.8, 4) is 5.69 Å². The Bertz CT molecular complexity index is 1050. The molecule has 2 aromatic carbocycles. The lowest BCUT2D eigenvalue weighted by atomic mass is 10.2. The Morgan fingerprint density at radius 3 is 2.88 bits per heavy atom. The Balaban J connectivity index is 1.44. The molecule has 0 saturated carbocycles. The Labute approximate surface area is 149 Å². The summed E-state index contributed by atoms with van der Waals surface area (Å²) in [7, 11) is 0. The van der Waals surface area contributed by atoms with E-state index in [-0.39, 0.29) is 12.6 Å². The first-order valence-corrected chi connectivity index (χ1v) is 8.15. The van der Waals surface area contributed by atoms with Gasteiger partial charge >= 0.3 is 5.97 Å². The van der Waals surface area contributed by atoms with Crippen molar-refractivity contribution in [3.63, 3.8) is 0 Å². The van der Waals surface area contributed by atoms with E-state index >= 15 is 0 Å². The smallest absolute Gasteiger partial charge is 0.338 e. The molecule has 8 heteroatoms. The first-order valence-electron chi connectivity index (χ1n) is 8.15. The van der Waals surface area contributed by atoms with Gasteiger partial charge in [0, 0.05) is 0 Å². The van der Waals surface area contributed by atoms with Crippen LogP contribution in [0.15, 0.2) is 54.9 Å². The normalized spacial score (nSPS) is 11.0. The number of para-hydroxylation sites is 2. The van der Waals surface area contributed by atoms with Crippen molar-refractivity contribution in [2.75, 3.05) is 6.61 Å². The van der Waals surface area contributed by atoms with E-state index < -0.39 is 0 Å². The molecule has 0 saturated heterocycles. The summed E-state index contributed by atoms with van der Waals surface area (Å²) >= 11 is 0. The molecule has 0 fully saturated rings. The van der Waals surface area contributed by atoms with E-state index in [9.17, 15) is 4.79 Å². The van der Waals surface area contributed by atoms with Gasteiger partial charge in [0.1, 0.15) is 18.8 Å². The van der Waals surface area contributed by atoms with E-state index in [1.54, 1.807) is 18.2 Å². The molecule has 2 heterocycles. The van der Waals surface area contributed by atoms with Crippen LogP contribution in [0.3, 0.4) is 0 Å². The van der Waals surface area contributed by atoms with Crippen molar-refractivity contribution >= 4 is 17.0 Å². The molecule has 130 valence electrons. The number of nitrogens with zero attached hydrogens (tertiary/aromatic N) is 6. The van der Waals surface area contributed by atoms with Gasteiger partial charge in [-0.15, -0.1) is 5.10 Å². The maximum absolute atomic E-state index is 12.3.